The van der Waals surface area contributed by atoms with Crippen molar-refractivity contribution in [2.24, 2.45) is 0 Å². The lowest BCUT2D eigenvalue weighted by Crippen LogP contribution is -2.34. The molecule has 0 unspecified atom stereocenters. The van der Waals surface area contributed by atoms with Crippen LogP contribution in [0.1, 0.15) is 16.8 Å². The molecule has 1 heterocycles. The Bertz CT molecular complexity index is 528. The van der Waals surface area contributed by atoms with Gasteiger partial charge in [-0.2, -0.15) is 0 Å². The van der Waals surface area contributed by atoms with Gasteiger partial charge in [0.2, 0.25) is 0 Å². The van der Waals surface area contributed by atoms with Gasteiger partial charge in [-0.1, -0.05) is 12.2 Å². The molecule has 0 saturated heterocycles. The molecule has 18 heavy (non-hydrogen) atoms. The van der Waals surface area contributed by atoms with Crippen LogP contribution in [0.5, 0.6) is 0 Å². The Balaban J connectivity index is 2.31. The standard InChI is InChI=1S/C12H11IN2O3/c13-11-5-4-9(15(17)18)8-10(11)12(16)14-6-2-1-3-7-14/h1-2,4-5,8H,3,6-7H2. The molecule has 1 amide bonds. The second-order valence-corrected chi connectivity index (χ2v) is 5.09. The normalized spacial score (nSPS) is 14.6. The van der Waals surface area contributed by atoms with Gasteiger partial charge in [0.15, 0.2) is 0 Å². The summed E-state index contributed by atoms with van der Waals surface area (Å²) in [7, 11) is 0. The molecule has 0 spiro atoms. The second-order valence-electron chi connectivity index (χ2n) is 3.93. The second kappa shape index (κ2) is 5.47. The average Bonchev–Trinajstić information content (AvgIpc) is 2.39. The van der Waals surface area contributed by atoms with Gasteiger partial charge in [0.1, 0.15) is 0 Å². The van der Waals surface area contributed by atoms with Crippen molar-refractivity contribution < 1.29 is 9.72 Å². The van der Waals surface area contributed by atoms with E-state index >= 15 is 0 Å². The van der Waals surface area contributed by atoms with Crippen LogP contribution in [-0.2, 0) is 0 Å². The van der Waals surface area contributed by atoms with Crippen LogP contribution in [-0.4, -0.2) is 28.8 Å². The smallest absolute Gasteiger partial charge is 0.270 e. The van der Waals surface area contributed by atoms with Gasteiger partial charge in [0.05, 0.1) is 10.5 Å². The number of non-ortho nitro benzene ring substituents is 1. The molecule has 1 aliphatic rings. The summed E-state index contributed by atoms with van der Waals surface area (Å²) in [6.45, 7) is 1.23. The van der Waals surface area contributed by atoms with Crippen LogP contribution in [0, 0.1) is 13.7 Å². The van der Waals surface area contributed by atoms with Gasteiger partial charge < -0.3 is 4.90 Å². The van der Waals surface area contributed by atoms with Crippen LogP contribution in [0.15, 0.2) is 30.4 Å². The Morgan fingerprint density at radius 1 is 1.39 bits per heavy atom. The monoisotopic (exact) mass is 358 g/mol. The highest BCUT2D eigenvalue weighted by atomic mass is 127. The Labute approximate surface area is 118 Å². The Hall–Kier alpha value is -1.44. The quantitative estimate of drug-likeness (QED) is 0.353. The van der Waals surface area contributed by atoms with E-state index in [2.05, 4.69) is 0 Å². The molecular formula is C12H11IN2O3. The lowest BCUT2D eigenvalue weighted by molar-refractivity contribution is -0.384. The fourth-order valence-corrected chi connectivity index (χ4v) is 2.35. The summed E-state index contributed by atoms with van der Waals surface area (Å²) in [6, 6.07) is 4.36. The number of nitro benzene ring substituents is 1. The maximum Gasteiger partial charge on any atom is 0.270 e. The fraction of sp³-hybridized carbons (Fsp3) is 0.250. The van der Waals surface area contributed by atoms with Crippen LogP contribution in [0.2, 0.25) is 0 Å². The van der Waals surface area contributed by atoms with Crippen LogP contribution >= 0.6 is 22.6 Å². The molecule has 0 atom stereocenters. The molecule has 2 rings (SSSR count). The van der Waals surface area contributed by atoms with Crippen LogP contribution in [0.3, 0.4) is 0 Å². The summed E-state index contributed by atoms with van der Waals surface area (Å²) < 4.78 is 0.734. The molecule has 0 radical (unpaired) electrons. The summed E-state index contributed by atoms with van der Waals surface area (Å²) in [5, 5.41) is 10.7. The lowest BCUT2D eigenvalue weighted by Gasteiger charge is -2.23. The molecule has 1 aliphatic heterocycles. The first kappa shape index (κ1) is 13.0. The number of rotatable bonds is 2. The van der Waals surface area contributed by atoms with E-state index in [1.54, 1.807) is 11.0 Å². The summed E-state index contributed by atoms with van der Waals surface area (Å²) in [5.74, 6) is -0.146. The summed E-state index contributed by atoms with van der Waals surface area (Å²) in [6.07, 6.45) is 4.80. The minimum absolute atomic E-state index is 0.0497. The van der Waals surface area contributed by atoms with Crippen LogP contribution < -0.4 is 0 Å². The number of carbonyl (C=O) groups is 1. The molecule has 0 fully saturated rings. The number of halogens is 1. The molecule has 0 aliphatic carbocycles. The first-order valence-electron chi connectivity index (χ1n) is 5.48. The fourth-order valence-electron chi connectivity index (χ4n) is 1.79. The van der Waals surface area contributed by atoms with E-state index < -0.39 is 4.92 Å². The number of hydrogen-bond acceptors (Lipinski definition) is 3. The highest BCUT2D eigenvalue weighted by Gasteiger charge is 2.20. The largest absolute Gasteiger partial charge is 0.335 e. The molecule has 0 bridgehead atoms. The molecule has 5 nitrogen and oxygen atoms in total. The van der Waals surface area contributed by atoms with Crippen molar-refractivity contribution in [3.63, 3.8) is 0 Å². The zero-order valence-corrected chi connectivity index (χ0v) is 11.7. The third-order valence-corrected chi connectivity index (χ3v) is 3.68. The molecule has 1 aromatic rings. The number of hydrogen-bond donors (Lipinski definition) is 0. The van der Waals surface area contributed by atoms with E-state index in [1.807, 2.05) is 34.7 Å². The zero-order valence-electron chi connectivity index (χ0n) is 9.51. The zero-order chi connectivity index (χ0) is 13.1. The average molecular weight is 358 g/mol. The SMILES string of the molecule is O=C(c1cc([N+](=O)[O-])ccc1I)N1CC=CCC1. The topological polar surface area (TPSA) is 63.4 Å². The van der Waals surface area contributed by atoms with Gasteiger partial charge >= 0.3 is 0 Å². The molecular weight excluding hydrogens is 347 g/mol. The number of nitrogens with zero attached hydrogens (tertiary/aromatic N) is 2. The van der Waals surface area contributed by atoms with Gasteiger partial charge in [0.25, 0.3) is 11.6 Å². The van der Waals surface area contributed by atoms with Gasteiger partial charge in [-0.25, -0.2) is 0 Å². The highest BCUT2D eigenvalue weighted by molar-refractivity contribution is 14.1. The van der Waals surface area contributed by atoms with Gasteiger partial charge in [-0.3, -0.25) is 14.9 Å². The Kier molecular flexibility index (Phi) is 3.95. The molecule has 6 heteroatoms. The number of carbonyl (C=O) groups excluding carboxylic acids is 1. The van der Waals surface area contributed by atoms with E-state index in [-0.39, 0.29) is 11.6 Å². The maximum atomic E-state index is 12.3. The first-order chi connectivity index (χ1) is 8.59. The first-order valence-corrected chi connectivity index (χ1v) is 6.55. The number of benzene rings is 1. The lowest BCUT2D eigenvalue weighted by atomic mass is 10.1. The van der Waals surface area contributed by atoms with Crippen LogP contribution in [0.25, 0.3) is 0 Å². The van der Waals surface area contributed by atoms with Crippen molar-refractivity contribution in [3.05, 3.63) is 49.6 Å². The van der Waals surface area contributed by atoms with E-state index in [4.69, 9.17) is 0 Å². The van der Waals surface area contributed by atoms with Crippen molar-refractivity contribution in [1.29, 1.82) is 0 Å². The molecule has 0 N–H and O–H groups in total. The van der Waals surface area contributed by atoms with E-state index in [0.29, 0.717) is 18.7 Å². The molecule has 94 valence electrons. The van der Waals surface area contributed by atoms with E-state index in [1.165, 1.54) is 12.1 Å². The van der Waals surface area contributed by atoms with E-state index in [0.717, 1.165) is 9.99 Å². The Morgan fingerprint density at radius 2 is 2.17 bits per heavy atom. The third kappa shape index (κ3) is 2.69. The molecule has 0 aromatic heterocycles. The van der Waals surface area contributed by atoms with Gasteiger partial charge in [0, 0.05) is 28.8 Å². The predicted octanol–water partition coefficient (Wildman–Crippen LogP) is 2.60. The van der Waals surface area contributed by atoms with Gasteiger partial charge in [-0.15, -0.1) is 0 Å². The highest BCUT2D eigenvalue weighted by Crippen LogP contribution is 2.21. The predicted molar refractivity (Wildman–Crippen MR) is 75.5 cm³/mol. The maximum absolute atomic E-state index is 12.3. The summed E-state index contributed by atoms with van der Waals surface area (Å²) in [5.41, 5.74) is 0.353. The van der Waals surface area contributed by atoms with Crippen molar-refractivity contribution >= 4 is 34.2 Å². The van der Waals surface area contributed by atoms with Crippen molar-refractivity contribution in [2.45, 2.75) is 6.42 Å². The van der Waals surface area contributed by atoms with Crippen LogP contribution in [0.4, 0.5) is 5.69 Å². The number of amides is 1. The van der Waals surface area contributed by atoms with Crippen molar-refractivity contribution in [2.75, 3.05) is 13.1 Å². The Morgan fingerprint density at radius 3 is 2.78 bits per heavy atom. The molecule has 0 saturated carbocycles. The minimum Gasteiger partial charge on any atom is -0.335 e. The van der Waals surface area contributed by atoms with Crippen molar-refractivity contribution in [3.8, 4) is 0 Å². The minimum atomic E-state index is -0.483. The summed E-state index contributed by atoms with van der Waals surface area (Å²) in [4.78, 5) is 24.2. The third-order valence-electron chi connectivity index (χ3n) is 2.74. The van der Waals surface area contributed by atoms with E-state index in [9.17, 15) is 14.9 Å². The number of nitro groups is 1. The summed E-state index contributed by atoms with van der Waals surface area (Å²) >= 11 is 2.02. The van der Waals surface area contributed by atoms with Crippen molar-refractivity contribution in [1.82, 2.24) is 4.90 Å². The molecule has 1 aromatic carbocycles. The van der Waals surface area contributed by atoms with Gasteiger partial charge in [-0.05, 0) is 35.1 Å².